The first-order chi connectivity index (χ1) is 13.9. The first kappa shape index (κ1) is 19.4. The van der Waals surface area contributed by atoms with Crippen molar-refractivity contribution >= 4 is 23.2 Å². The van der Waals surface area contributed by atoms with Crippen LogP contribution >= 0.6 is 11.6 Å². The molecule has 1 aliphatic rings. The van der Waals surface area contributed by atoms with Gasteiger partial charge in [0.1, 0.15) is 5.82 Å². The molecular weight excluding hydrogens is 395 g/mol. The van der Waals surface area contributed by atoms with Crippen molar-refractivity contribution in [2.75, 3.05) is 12.0 Å². The molecule has 1 aromatic carbocycles. The second-order valence-electron chi connectivity index (χ2n) is 7.36. The minimum Gasteiger partial charge on any atom is -0.481 e. The predicted molar refractivity (Wildman–Crippen MR) is 108 cm³/mol. The van der Waals surface area contributed by atoms with Crippen molar-refractivity contribution in [2.45, 2.75) is 26.3 Å². The normalized spacial score (nSPS) is 15.9. The molecule has 0 aliphatic carbocycles. The van der Waals surface area contributed by atoms with E-state index in [1.165, 1.54) is 19.2 Å². The molecule has 0 spiro atoms. The molecule has 1 atom stereocenters. The third-order valence-electron chi connectivity index (χ3n) is 4.91. The summed E-state index contributed by atoms with van der Waals surface area (Å²) in [7, 11) is 1.53. The van der Waals surface area contributed by atoms with Crippen molar-refractivity contribution in [3.05, 3.63) is 69.9 Å². The Morgan fingerprint density at radius 1 is 1.31 bits per heavy atom. The van der Waals surface area contributed by atoms with Crippen LogP contribution in [0.1, 0.15) is 47.2 Å². The molecular formula is C21H20ClFN4O2. The lowest BCUT2D eigenvalue weighted by molar-refractivity contribution is 0.0988. The van der Waals surface area contributed by atoms with E-state index >= 15 is 0 Å². The Kier molecular flexibility index (Phi) is 5.00. The zero-order valence-corrected chi connectivity index (χ0v) is 17.0. The summed E-state index contributed by atoms with van der Waals surface area (Å²) in [5, 5.41) is 7.54. The summed E-state index contributed by atoms with van der Waals surface area (Å²) in [6.45, 7) is 4.18. The van der Waals surface area contributed by atoms with Gasteiger partial charge >= 0.3 is 0 Å². The van der Waals surface area contributed by atoms with Crippen LogP contribution in [-0.4, -0.2) is 28.2 Å². The highest BCUT2D eigenvalue weighted by Gasteiger charge is 2.44. The maximum Gasteiger partial charge on any atom is 0.280 e. The number of rotatable bonds is 5. The van der Waals surface area contributed by atoms with Crippen LogP contribution in [0.25, 0.3) is 0 Å². The summed E-state index contributed by atoms with van der Waals surface area (Å²) in [6, 6.07) is 7.12. The van der Waals surface area contributed by atoms with E-state index in [-0.39, 0.29) is 10.9 Å². The average Bonchev–Trinajstić information content (AvgIpc) is 3.21. The van der Waals surface area contributed by atoms with Crippen molar-refractivity contribution in [3.8, 4) is 5.88 Å². The van der Waals surface area contributed by atoms with E-state index in [1.54, 1.807) is 29.3 Å². The lowest BCUT2D eigenvalue weighted by Crippen LogP contribution is -2.29. The smallest absolute Gasteiger partial charge is 0.280 e. The number of halogens is 2. The number of hydrogen-bond donors (Lipinski definition) is 1. The molecule has 3 aromatic rings. The number of benzene rings is 1. The highest BCUT2D eigenvalue weighted by molar-refractivity contribution is 6.31. The molecule has 6 nitrogen and oxygen atoms in total. The number of carbonyl (C=O) groups is 1. The highest BCUT2D eigenvalue weighted by atomic mass is 35.5. The maximum absolute atomic E-state index is 13.7. The van der Waals surface area contributed by atoms with Gasteiger partial charge in [-0.25, -0.2) is 9.37 Å². The van der Waals surface area contributed by atoms with Gasteiger partial charge in [0.15, 0.2) is 5.69 Å². The number of pyridine rings is 1. The zero-order chi connectivity index (χ0) is 20.7. The molecule has 1 N–H and O–H groups in total. The molecule has 0 radical (unpaired) electrons. The third-order valence-corrected chi connectivity index (χ3v) is 5.24. The van der Waals surface area contributed by atoms with E-state index in [2.05, 4.69) is 29.0 Å². The minimum absolute atomic E-state index is 0.249. The van der Waals surface area contributed by atoms with Gasteiger partial charge in [0, 0.05) is 22.3 Å². The number of ether oxygens (including phenoxy) is 1. The molecule has 29 heavy (non-hydrogen) atoms. The maximum atomic E-state index is 13.7. The number of anilines is 1. The van der Waals surface area contributed by atoms with Crippen LogP contribution in [0.3, 0.4) is 0 Å². The van der Waals surface area contributed by atoms with E-state index in [4.69, 9.17) is 16.3 Å². The van der Waals surface area contributed by atoms with Crippen molar-refractivity contribution in [1.29, 1.82) is 0 Å². The molecule has 4 rings (SSSR count). The standard InChI is InChI=1S/C21H20ClFN4O2/c1-11(2)8-16-18-19(26-25-16)21(28)27(13-5-7-17(29-3)24-10-13)20(18)14-6-4-12(23)9-15(14)22/h4-7,9-11,20H,8H2,1-3H3,(H,25,26). The first-order valence-electron chi connectivity index (χ1n) is 9.26. The molecule has 1 unspecified atom stereocenters. The van der Waals surface area contributed by atoms with Crippen molar-refractivity contribution in [2.24, 2.45) is 5.92 Å². The van der Waals surface area contributed by atoms with Crippen LogP contribution in [0.2, 0.25) is 5.02 Å². The average molecular weight is 415 g/mol. The van der Waals surface area contributed by atoms with E-state index in [0.717, 1.165) is 17.7 Å². The number of fused-ring (bicyclic) bond motifs is 1. The quantitative estimate of drug-likeness (QED) is 0.664. The molecule has 1 amide bonds. The monoisotopic (exact) mass is 414 g/mol. The van der Waals surface area contributed by atoms with Crippen LogP contribution in [0.5, 0.6) is 5.88 Å². The fraction of sp³-hybridized carbons (Fsp3) is 0.286. The van der Waals surface area contributed by atoms with Gasteiger partial charge in [0.25, 0.3) is 5.91 Å². The SMILES string of the molecule is COc1ccc(N2C(=O)c3n[nH]c(CC(C)C)c3C2c2ccc(F)cc2Cl)cn1. The number of aromatic amines is 1. The third kappa shape index (κ3) is 3.35. The predicted octanol–water partition coefficient (Wildman–Crippen LogP) is 4.55. The molecule has 1 aliphatic heterocycles. The number of aromatic nitrogens is 3. The fourth-order valence-electron chi connectivity index (χ4n) is 3.69. The van der Waals surface area contributed by atoms with Crippen molar-refractivity contribution in [1.82, 2.24) is 15.2 Å². The molecule has 0 saturated carbocycles. The summed E-state index contributed by atoms with van der Waals surface area (Å²) < 4.78 is 18.8. The van der Waals surface area contributed by atoms with Gasteiger partial charge in [-0.15, -0.1) is 0 Å². The number of hydrogen-bond acceptors (Lipinski definition) is 4. The van der Waals surface area contributed by atoms with Crippen LogP contribution in [0.4, 0.5) is 10.1 Å². The van der Waals surface area contributed by atoms with Crippen LogP contribution in [0, 0.1) is 11.7 Å². The Balaban J connectivity index is 1.89. The number of methoxy groups -OCH3 is 1. The van der Waals surface area contributed by atoms with Crippen LogP contribution in [-0.2, 0) is 6.42 Å². The van der Waals surface area contributed by atoms with Gasteiger partial charge in [-0.05, 0) is 36.1 Å². The molecule has 150 valence electrons. The molecule has 2 aromatic heterocycles. The van der Waals surface area contributed by atoms with Gasteiger partial charge in [0.2, 0.25) is 5.88 Å². The summed E-state index contributed by atoms with van der Waals surface area (Å²) in [4.78, 5) is 19.1. The zero-order valence-electron chi connectivity index (χ0n) is 16.2. The summed E-state index contributed by atoms with van der Waals surface area (Å²) in [6.07, 6.45) is 2.29. The number of amides is 1. The van der Waals surface area contributed by atoms with Crippen molar-refractivity contribution in [3.63, 3.8) is 0 Å². The summed E-state index contributed by atoms with van der Waals surface area (Å²) >= 11 is 6.41. The van der Waals surface area contributed by atoms with Crippen LogP contribution in [0.15, 0.2) is 36.5 Å². The molecule has 0 fully saturated rings. The lowest BCUT2D eigenvalue weighted by Gasteiger charge is -2.27. The Labute approximate surface area is 172 Å². The Hall–Kier alpha value is -2.93. The van der Waals surface area contributed by atoms with Gasteiger partial charge in [-0.2, -0.15) is 5.10 Å². The fourth-order valence-corrected chi connectivity index (χ4v) is 3.96. The molecule has 0 bridgehead atoms. The molecule has 8 heteroatoms. The Morgan fingerprint density at radius 2 is 2.10 bits per heavy atom. The number of nitrogens with zero attached hydrogens (tertiary/aromatic N) is 3. The number of nitrogens with one attached hydrogen (secondary N) is 1. The molecule has 0 saturated heterocycles. The molecule has 3 heterocycles. The Morgan fingerprint density at radius 3 is 2.72 bits per heavy atom. The number of carbonyl (C=O) groups excluding carboxylic acids is 1. The van der Waals surface area contributed by atoms with Crippen molar-refractivity contribution < 1.29 is 13.9 Å². The first-order valence-corrected chi connectivity index (χ1v) is 9.64. The van der Waals surface area contributed by atoms with Gasteiger partial charge in [0.05, 0.1) is 25.0 Å². The lowest BCUT2D eigenvalue weighted by atomic mass is 9.95. The summed E-state index contributed by atoms with van der Waals surface area (Å²) in [5.74, 6) is 0.102. The summed E-state index contributed by atoms with van der Waals surface area (Å²) in [5.41, 5.74) is 3.20. The van der Waals surface area contributed by atoms with Gasteiger partial charge in [-0.1, -0.05) is 31.5 Å². The second kappa shape index (κ2) is 7.48. The number of H-pyrrole nitrogens is 1. The largest absolute Gasteiger partial charge is 0.481 e. The second-order valence-corrected chi connectivity index (χ2v) is 7.77. The topological polar surface area (TPSA) is 71.1 Å². The van der Waals surface area contributed by atoms with E-state index in [9.17, 15) is 9.18 Å². The highest BCUT2D eigenvalue weighted by Crippen LogP contribution is 2.44. The van der Waals surface area contributed by atoms with E-state index in [1.807, 2.05) is 0 Å². The minimum atomic E-state index is -0.534. The van der Waals surface area contributed by atoms with E-state index in [0.29, 0.717) is 28.7 Å². The van der Waals surface area contributed by atoms with Crippen LogP contribution < -0.4 is 9.64 Å². The van der Waals surface area contributed by atoms with Gasteiger partial charge in [-0.3, -0.25) is 14.8 Å². The Bertz CT molecular complexity index is 1070. The van der Waals surface area contributed by atoms with Gasteiger partial charge < -0.3 is 4.74 Å². The van der Waals surface area contributed by atoms with E-state index < -0.39 is 11.9 Å².